The zero-order chi connectivity index (χ0) is 26.0. The van der Waals surface area contributed by atoms with Gasteiger partial charge in [0.1, 0.15) is 12.4 Å². The molecule has 0 radical (unpaired) electrons. The van der Waals surface area contributed by atoms with E-state index in [1.807, 2.05) is 78.9 Å². The fourth-order valence-electron chi connectivity index (χ4n) is 4.57. The lowest BCUT2D eigenvalue weighted by Gasteiger charge is -2.26. The van der Waals surface area contributed by atoms with Crippen molar-refractivity contribution in [2.75, 3.05) is 7.11 Å². The third-order valence-electron chi connectivity index (χ3n) is 6.45. The lowest BCUT2D eigenvalue weighted by atomic mass is 9.82. The SMILES string of the molecule is COc1c(-c2cc3ccccc3c(=O)[nH]2)cc(-c2cccnc2OCc2ccccc2)cc1C(C)(C)C. The standard InChI is InChI=1S/C32H30N2O3/c1-32(2,3)27-18-23(25-15-10-16-33-31(25)37-20-21-11-6-5-7-12-21)17-26(29(27)36-4)28-19-22-13-8-9-14-24(22)30(35)34-28/h5-19H,20H2,1-4H3,(H,34,35). The Morgan fingerprint density at radius 1 is 0.865 bits per heavy atom. The maximum atomic E-state index is 13.0. The van der Waals surface area contributed by atoms with Gasteiger partial charge in [-0.1, -0.05) is 69.3 Å². The number of aromatic nitrogens is 2. The maximum Gasteiger partial charge on any atom is 0.256 e. The van der Waals surface area contributed by atoms with Crippen molar-refractivity contribution in [2.24, 2.45) is 0 Å². The number of nitrogens with zero attached hydrogens (tertiary/aromatic N) is 1. The highest BCUT2D eigenvalue weighted by Gasteiger charge is 2.25. The molecule has 0 fully saturated rings. The molecule has 0 aliphatic carbocycles. The molecule has 3 aromatic carbocycles. The second-order valence-electron chi connectivity index (χ2n) is 10.1. The Morgan fingerprint density at radius 2 is 1.62 bits per heavy atom. The summed E-state index contributed by atoms with van der Waals surface area (Å²) in [5.74, 6) is 1.28. The van der Waals surface area contributed by atoms with Crippen LogP contribution in [0.15, 0.2) is 95.9 Å². The number of ether oxygens (including phenoxy) is 2. The molecule has 0 saturated carbocycles. The van der Waals surface area contributed by atoms with Gasteiger partial charge in [-0.15, -0.1) is 0 Å². The number of fused-ring (bicyclic) bond motifs is 1. The van der Waals surface area contributed by atoms with Crippen LogP contribution in [0.3, 0.4) is 0 Å². The topological polar surface area (TPSA) is 64.2 Å². The predicted molar refractivity (Wildman–Crippen MR) is 149 cm³/mol. The second-order valence-corrected chi connectivity index (χ2v) is 10.1. The maximum absolute atomic E-state index is 13.0. The van der Waals surface area contributed by atoms with Crippen LogP contribution in [0.4, 0.5) is 0 Å². The Morgan fingerprint density at radius 3 is 2.38 bits per heavy atom. The first-order valence-electron chi connectivity index (χ1n) is 12.3. The lowest BCUT2D eigenvalue weighted by Crippen LogP contribution is -2.14. The third kappa shape index (κ3) is 4.98. The van der Waals surface area contributed by atoms with Crippen LogP contribution in [0, 0.1) is 0 Å². The number of hydrogen-bond donors (Lipinski definition) is 1. The molecule has 0 aliphatic heterocycles. The van der Waals surface area contributed by atoms with Crippen molar-refractivity contribution >= 4 is 10.8 Å². The molecule has 37 heavy (non-hydrogen) atoms. The Bertz CT molecular complexity index is 1620. The number of nitrogens with one attached hydrogen (secondary N) is 1. The fourth-order valence-corrected chi connectivity index (χ4v) is 4.57. The normalized spacial score (nSPS) is 11.5. The first kappa shape index (κ1) is 24.3. The fraction of sp³-hybridized carbons (Fsp3) is 0.188. The number of benzene rings is 3. The van der Waals surface area contributed by atoms with Crippen LogP contribution >= 0.6 is 0 Å². The second kappa shape index (κ2) is 9.94. The minimum Gasteiger partial charge on any atom is -0.496 e. The summed E-state index contributed by atoms with van der Waals surface area (Å²) in [5, 5.41) is 1.53. The van der Waals surface area contributed by atoms with Gasteiger partial charge >= 0.3 is 0 Å². The molecule has 0 unspecified atom stereocenters. The quantitative estimate of drug-likeness (QED) is 0.275. The zero-order valence-corrected chi connectivity index (χ0v) is 21.5. The molecule has 0 atom stereocenters. The van der Waals surface area contributed by atoms with Crippen molar-refractivity contribution in [1.29, 1.82) is 0 Å². The van der Waals surface area contributed by atoms with E-state index >= 15 is 0 Å². The van der Waals surface area contributed by atoms with Crippen LogP contribution in [0.25, 0.3) is 33.2 Å². The monoisotopic (exact) mass is 490 g/mol. The van der Waals surface area contributed by atoms with Crippen LogP contribution < -0.4 is 15.0 Å². The van der Waals surface area contributed by atoms with E-state index in [1.165, 1.54) is 0 Å². The minimum absolute atomic E-state index is 0.133. The molecule has 0 aliphatic rings. The van der Waals surface area contributed by atoms with E-state index < -0.39 is 0 Å². The van der Waals surface area contributed by atoms with Crippen molar-refractivity contribution in [3.63, 3.8) is 0 Å². The Balaban J connectivity index is 1.69. The van der Waals surface area contributed by atoms with Gasteiger partial charge < -0.3 is 14.5 Å². The lowest BCUT2D eigenvalue weighted by molar-refractivity contribution is 0.295. The van der Waals surface area contributed by atoms with E-state index in [-0.39, 0.29) is 11.0 Å². The van der Waals surface area contributed by atoms with E-state index in [1.54, 1.807) is 13.3 Å². The summed E-state index contributed by atoms with van der Waals surface area (Å²) in [4.78, 5) is 20.6. The molecule has 5 heteroatoms. The number of aromatic amines is 1. The van der Waals surface area contributed by atoms with Gasteiger partial charge in [0.05, 0.1) is 12.8 Å². The van der Waals surface area contributed by atoms with Gasteiger partial charge in [-0.2, -0.15) is 0 Å². The van der Waals surface area contributed by atoms with Gasteiger partial charge in [0.25, 0.3) is 5.56 Å². The molecule has 0 spiro atoms. The molecule has 0 saturated heterocycles. The summed E-state index contributed by atoms with van der Waals surface area (Å²) in [6, 6.07) is 27.7. The zero-order valence-electron chi connectivity index (χ0n) is 21.5. The van der Waals surface area contributed by atoms with Crippen molar-refractivity contribution < 1.29 is 9.47 Å². The third-order valence-corrected chi connectivity index (χ3v) is 6.45. The highest BCUT2D eigenvalue weighted by atomic mass is 16.5. The Hall–Kier alpha value is -4.38. The first-order valence-corrected chi connectivity index (χ1v) is 12.3. The summed E-state index contributed by atoms with van der Waals surface area (Å²) in [7, 11) is 1.67. The molecule has 5 rings (SSSR count). The molecule has 1 N–H and O–H groups in total. The van der Waals surface area contributed by atoms with Crippen molar-refractivity contribution in [3.05, 3.63) is 113 Å². The van der Waals surface area contributed by atoms with Crippen molar-refractivity contribution in [2.45, 2.75) is 32.8 Å². The summed E-state index contributed by atoms with van der Waals surface area (Å²) in [6.07, 6.45) is 1.74. The summed E-state index contributed by atoms with van der Waals surface area (Å²) >= 11 is 0. The van der Waals surface area contributed by atoms with Gasteiger partial charge in [-0.3, -0.25) is 4.79 Å². The molecule has 5 aromatic rings. The average molecular weight is 491 g/mol. The van der Waals surface area contributed by atoms with Gasteiger partial charge in [0, 0.05) is 28.3 Å². The number of methoxy groups -OCH3 is 1. The largest absolute Gasteiger partial charge is 0.496 e. The Kier molecular flexibility index (Phi) is 6.53. The summed E-state index contributed by atoms with van der Waals surface area (Å²) < 4.78 is 12.1. The number of H-pyrrole nitrogens is 1. The number of pyridine rings is 2. The van der Waals surface area contributed by atoms with E-state index in [0.29, 0.717) is 23.6 Å². The van der Waals surface area contributed by atoms with Gasteiger partial charge in [-0.25, -0.2) is 4.98 Å². The minimum atomic E-state index is -0.222. The van der Waals surface area contributed by atoms with Crippen LogP contribution in [0.2, 0.25) is 0 Å². The van der Waals surface area contributed by atoms with Crippen molar-refractivity contribution in [1.82, 2.24) is 9.97 Å². The molecule has 0 amide bonds. The summed E-state index contributed by atoms with van der Waals surface area (Å²) in [5.41, 5.74) is 5.05. The predicted octanol–water partition coefficient (Wildman–Crippen LogP) is 7.14. The molecule has 5 nitrogen and oxygen atoms in total. The molecular formula is C32H30N2O3. The van der Waals surface area contributed by atoms with Crippen LogP contribution in [-0.2, 0) is 12.0 Å². The van der Waals surface area contributed by atoms with Gasteiger partial charge in [0.2, 0.25) is 5.88 Å². The van der Waals surface area contributed by atoms with E-state index in [4.69, 9.17) is 9.47 Å². The van der Waals surface area contributed by atoms with Crippen LogP contribution in [0.5, 0.6) is 11.6 Å². The van der Waals surface area contributed by atoms with Crippen LogP contribution in [-0.4, -0.2) is 17.1 Å². The van der Waals surface area contributed by atoms with E-state index in [2.05, 4.69) is 36.8 Å². The summed E-state index contributed by atoms with van der Waals surface area (Å²) in [6.45, 7) is 6.87. The van der Waals surface area contributed by atoms with Gasteiger partial charge in [0.15, 0.2) is 0 Å². The molecule has 0 bridgehead atoms. The average Bonchev–Trinajstić information content (AvgIpc) is 2.91. The highest BCUT2D eigenvalue weighted by molar-refractivity contribution is 5.88. The Labute approximate surface area is 216 Å². The van der Waals surface area contributed by atoms with E-state index in [0.717, 1.165) is 39.0 Å². The number of hydrogen-bond acceptors (Lipinski definition) is 4. The molecule has 2 aromatic heterocycles. The molecule has 186 valence electrons. The first-order chi connectivity index (χ1) is 17.8. The van der Waals surface area contributed by atoms with Crippen LogP contribution in [0.1, 0.15) is 31.9 Å². The van der Waals surface area contributed by atoms with E-state index in [9.17, 15) is 4.79 Å². The highest BCUT2D eigenvalue weighted by Crippen LogP contribution is 2.43. The van der Waals surface area contributed by atoms with Crippen molar-refractivity contribution in [3.8, 4) is 34.0 Å². The smallest absolute Gasteiger partial charge is 0.256 e. The number of rotatable bonds is 6. The van der Waals surface area contributed by atoms with Gasteiger partial charge in [-0.05, 0) is 58.3 Å². The molecule has 2 heterocycles. The molecular weight excluding hydrogens is 460 g/mol.